The molecule has 0 spiro atoms. The number of hydrogen-bond donors (Lipinski definition) is 0. The summed E-state index contributed by atoms with van der Waals surface area (Å²) < 4.78 is 2.75. The number of nitrogens with zero attached hydrogens (tertiary/aromatic N) is 3. The van der Waals surface area contributed by atoms with Crippen molar-refractivity contribution in [3.63, 3.8) is 0 Å². The number of aromatic nitrogens is 3. The number of halogens is 2. The van der Waals surface area contributed by atoms with Crippen molar-refractivity contribution in [2.45, 2.75) is 5.33 Å². The van der Waals surface area contributed by atoms with Gasteiger partial charge in [0, 0.05) is 10.7 Å². The van der Waals surface area contributed by atoms with Gasteiger partial charge in [-0.05, 0) is 28.1 Å². The van der Waals surface area contributed by atoms with Crippen LogP contribution in [0.2, 0.25) is 0 Å². The molecule has 0 radical (unpaired) electrons. The number of rotatable bonds is 1. The van der Waals surface area contributed by atoms with E-state index in [0.29, 0.717) is 5.33 Å². The summed E-state index contributed by atoms with van der Waals surface area (Å²) in [5.74, 6) is 0.799. The van der Waals surface area contributed by atoms with Gasteiger partial charge in [-0.2, -0.15) is 5.10 Å². The molecule has 0 aliphatic rings. The van der Waals surface area contributed by atoms with E-state index in [1.54, 1.807) is 4.52 Å². The average molecular weight is 291 g/mol. The van der Waals surface area contributed by atoms with E-state index in [2.05, 4.69) is 41.9 Å². The Kier molecular flexibility index (Phi) is 2.14. The summed E-state index contributed by atoms with van der Waals surface area (Å²) in [6, 6.07) is 3.87. The minimum atomic E-state index is 0.687. The predicted octanol–water partition coefficient (Wildman–Crippen LogP) is 2.39. The summed E-state index contributed by atoms with van der Waals surface area (Å²) in [7, 11) is 0. The first-order valence-corrected chi connectivity index (χ1v) is 5.28. The second kappa shape index (κ2) is 3.14. The van der Waals surface area contributed by atoms with Gasteiger partial charge in [0.1, 0.15) is 0 Å². The third kappa shape index (κ3) is 1.38. The summed E-state index contributed by atoms with van der Waals surface area (Å²) in [5, 5.41) is 4.91. The molecule has 0 aromatic carbocycles. The van der Waals surface area contributed by atoms with Crippen LogP contribution in [0.3, 0.4) is 0 Å². The lowest BCUT2D eigenvalue weighted by molar-refractivity contribution is 0.923. The van der Waals surface area contributed by atoms with Crippen LogP contribution in [0.15, 0.2) is 22.8 Å². The first-order valence-electron chi connectivity index (χ1n) is 3.36. The molecular weight excluding hydrogens is 286 g/mol. The van der Waals surface area contributed by atoms with Crippen LogP contribution in [0.4, 0.5) is 0 Å². The van der Waals surface area contributed by atoms with Crippen molar-refractivity contribution in [1.29, 1.82) is 0 Å². The maximum atomic E-state index is 4.26. The Morgan fingerprint density at radius 2 is 2.25 bits per heavy atom. The standard InChI is InChI=1S/C7H5Br2N3/c8-3-6-10-7-2-1-5(9)4-12(7)11-6/h1-2,4H,3H2. The normalized spacial score (nSPS) is 10.8. The first-order chi connectivity index (χ1) is 5.79. The van der Waals surface area contributed by atoms with Crippen molar-refractivity contribution in [2.75, 3.05) is 0 Å². The third-order valence-electron chi connectivity index (χ3n) is 1.46. The monoisotopic (exact) mass is 289 g/mol. The van der Waals surface area contributed by atoms with Crippen LogP contribution in [0.25, 0.3) is 5.65 Å². The highest BCUT2D eigenvalue weighted by atomic mass is 79.9. The van der Waals surface area contributed by atoms with Crippen LogP contribution in [0.5, 0.6) is 0 Å². The van der Waals surface area contributed by atoms with Crippen LogP contribution in [0.1, 0.15) is 5.82 Å². The van der Waals surface area contributed by atoms with Gasteiger partial charge in [0.2, 0.25) is 0 Å². The molecule has 0 unspecified atom stereocenters. The lowest BCUT2D eigenvalue weighted by Gasteiger charge is -1.89. The fraction of sp³-hybridized carbons (Fsp3) is 0.143. The fourth-order valence-electron chi connectivity index (χ4n) is 0.961. The highest BCUT2D eigenvalue weighted by molar-refractivity contribution is 9.10. The predicted molar refractivity (Wildman–Crippen MR) is 53.3 cm³/mol. The maximum Gasteiger partial charge on any atom is 0.162 e. The van der Waals surface area contributed by atoms with Crippen LogP contribution in [-0.4, -0.2) is 14.6 Å². The molecule has 2 aromatic heterocycles. The molecule has 2 rings (SSSR count). The molecule has 5 heteroatoms. The quantitative estimate of drug-likeness (QED) is 0.755. The molecule has 2 heterocycles. The second-order valence-electron chi connectivity index (χ2n) is 2.31. The Hall–Kier alpha value is -0.420. The molecule has 3 nitrogen and oxygen atoms in total. The van der Waals surface area contributed by atoms with Crippen LogP contribution in [-0.2, 0) is 5.33 Å². The SMILES string of the molecule is BrCc1nc2ccc(Br)cn2n1. The summed E-state index contributed by atoms with van der Waals surface area (Å²) in [6.07, 6.45) is 1.88. The van der Waals surface area contributed by atoms with Crippen molar-refractivity contribution in [1.82, 2.24) is 14.6 Å². The molecular formula is C7H5Br2N3. The Bertz CT molecular complexity index is 410. The highest BCUT2D eigenvalue weighted by Gasteiger charge is 2.00. The van der Waals surface area contributed by atoms with Crippen LogP contribution < -0.4 is 0 Å². The van der Waals surface area contributed by atoms with Crippen molar-refractivity contribution in [3.05, 3.63) is 28.6 Å². The largest absolute Gasteiger partial charge is 0.220 e. The molecule has 0 saturated heterocycles. The number of hydrogen-bond acceptors (Lipinski definition) is 2. The van der Waals surface area contributed by atoms with Crippen molar-refractivity contribution in [2.24, 2.45) is 0 Å². The Balaban J connectivity index is 2.67. The minimum absolute atomic E-state index is 0.687. The molecule has 0 N–H and O–H groups in total. The van der Waals surface area contributed by atoms with Gasteiger partial charge < -0.3 is 0 Å². The zero-order valence-electron chi connectivity index (χ0n) is 6.04. The van der Waals surface area contributed by atoms with E-state index < -0.39 is 0 Å². The topological polar surface area (TPSA) is 30.2 Å². The molecule has 62 valence electrons. The molecule has 12 heavy (non-hydrogen) atoms. The molecule has 0 amide bonds. The van der Waals surface area contributed by atoms with Gasteiger partial charge in [0.25, 0.3) is 0 Å². The van der Waals surface area contributed by atoms with Crippen LogP contribution >= 0.6 is 31.9 Å². The summed E-state index contributed by atoms with van der Waals surface area (Å²) >= 11 is 6.67. The van der Waals surface area contributed by atoms with Gasteiger partial charge in [-0.1, -0.05) is 15.9 Å². The highest BCUT2D eigenvalue weighted by Crippen LogP contribution is 2.11. The third-order valence-corrected chi connectivity index (χ3v) is 2.43. The van der Waals surface area contributed by atoms with Crippen molar-refractivity contribution in [3.8, 4) is 0 Å². The van der Waals surface area contributed by atoms with Crippen molar-refractivity contribution < 1.29 is 0 Å². The van der Waals surface area contributed by atoms with Gasteiger partial charge in [-0.25, -0.2) is 9.50 Å². The summed E-state index contributed by atoms with van der Waals surface area (Å²) in [5.41, 5.74) is 0.868. The van der Waals surface area contributed by atoms with E-state index in [9.17, 15) is 0 Å². The van der Waals surface area contributed by atoms with Gasteiger partial charge in [-0.3, -0.25) is 0 Å². The first kappa shape index (κ1) is 8.19. The van der Waals surface area contributed by atoms with Crippen LogP contribution in [0, 0.1) is 0 Å². The van der Waals surface area contributed by atoms with Gasteiger partial charge in [-0.15, -0.1) is 0 Å². The van der Waals surface area contributed by atoms with Gasteiger partial charge in [0.05, 0.1) is 5.33 Å². The Morgan fingerprint density at radius 1 is 1.42 bits per heavy atom. The minimum Gasteiger partial charge on any atom is -0.220 e. The van der Waals surface area contributed by atoms with E-state index in [0.717, 1.165) is 15.9 Å². The average Bonchev–Trinajstić information content (AvgIpc) is 2.46. The van der Waals surface area contributed by atoms with E-state index >= 15 is 0 Å². The number of fused-ring (bicyclic) bond motifs is 1. The van der Waals surface area contributed by atoms with E-state index in [-0.39, 0.29) is 0 Å². The molecule has 0 saturated carbocycles. The summed E-state index contributed by atoms with van der Waals surface area (Å²) in [4.78, 5) is 4.26. The number of pyridine rings is 1. The van der Waals surface area contributed by atoms with Crippen molar-refractivity contribution >= 4 is 37.5 Å². The molecule has 0 aliphatic heterocycles. The molecule has 2 aromatic rings. The zero-order valence-corrected chi connectivity index (χ0v) is 9.21. The Morgan fingerprint density at radius 3 is 3.00 bits per heavy atom. The number of alkyl halides is 1. The fourth-order valence-corrected chi connectivity index (χ4v) is 1.52. The molecule has 0 fully saturated rings. The smallest absolute Gasteiger partial charge is 0.162 e. The lowest BCUT2D eigenvalue weighted by Crippen LogP contribution is -1.86. The zero-order chi connectivity index (χ0) is 8.55. The van der Waals surface area contributed by atoms with Gasteiger partial charge >= 0.3 is 0 Å². The molecule has 0 aliphatic carbocycles. The second-order valence-corrected chi connectivity index (χ2v) is 3.79. The van der Waals surface area contributed by atoms with E-state index in [1.807, 2.05) is 18.3 Å². The maximum absolute atomic E-state index is 4.26. The molecule has 0 bridgehead atoms. The summed E-state index contributed by atoms with van der Waals surface area (Å²) in [6.45, 7) is 0. The lowest BCUT2D eigenvalue weighted by atomic mass is 10.5. The van der Waals surface area contributed by atoms with E-state index in [4.69, 9.17) is 0 Å². The molecule has 0 atom stereocenters. The van der Waals surface area contributed by atoms with E-state index in [1.165, 1.54) is 0 Å². The van der Waals surface area contributed by atoms with Gasteiger partial charge in [0.15, 0.2) is 11.5 Å². The Labute approximate surface area is 86.1 Å².